The lowest BCUT2D eigenvalue weighted by atomic mass is 9.99. The van der Waals surface area contributed by atoms with Gasteiger partial charge in [0, 0.05) is 0 Å². The summed E-state index contributed by atoms with van der Waals surface area (Å²) in [6.45, 7) is 0. The summed E-state index contributed by atoms with van der Waals surface area (Å²) < 4.78 is 15.7. The lowest BCUT2D eigenvalue weighted by Crippen LogP contribution is -2.23. The van der Waals surface area contributed by atoms with Crippen LogP contribution in [-0.4, -0.2) is 27.2 Å². The normalized spacial score (nSPS) is 11.1. The number of rotatable bonds is 7. The second-order valence-corrected chi connectivity index (χ2v) is 5.26. The van der Waals surface area contributed by atoms with Crippen molar-refractivity contribution in [2.75, 3.05) is 26.6 Å². The number of methoxy groups -OCH3 is 3. The van der Waals surface area contributed by atoms with E-state index in [1.807, 2.05) is 12.1 Å². The number of nitriles is 1. The molecule has 2 rings (SSSR count). The lowest BCUT2D eigenvalue weighted by molar-refractivity contribution is -0.118. The van der Waals surface area contributed by atoms with Crippen molar-refractivity contribution in [3.63, 3.8) is 0 Å². The van der Waals surface area contributed by atoms with Gasteiger partial charge in [-0.05, 0) is 36.2 Å². The molecule has 0 saturated carbocycles. The van der Waals surface area contributed by atoms with Crippen molar-refractivity contribution in [1.82, 2.24) is 0 Å². The van der Waals surface area contributed by atoms with Gasteiger partial charge in [0.15, 0.2) is 11.5 Å². The fraction of sp³-hybridized carbons (Fsp3) is 0.263. The van der Waals surface area contributed by atoms with E-state index in [1.165, 1.54) is 14.2 Å². The summed E-state index contributed by atoms with van der Waals surface area (Å²) in [5.41, 5.74) is 1.34. The molecule has 130 valence electrons. The molecule has 0 heterocycles. The molecule has 2 aromatic carbocycles. The topological polar surface area (TPSA) is 80.6 Å². The van der Waals surface area contributed by atoms with Gasteiger partial charge in [-0.1, -0.05) is 18.2 Å². The Morgan fingerprint density at radius 1 is 1.04 bits per heavy atom. The summed E-state index contributed by atoms with van der Waals surface area (Å²) in [7, 11) is 4.62. The van der Waals surface area contributed by atoms with E-state index in [9.17, 15) is 10.1 Å². The monoisotopic (exact) mass is 340 g/mol. The summed E-state index contributed by atoms with van der Waals surface area (Å²) in [6.07, 6.45) is 0.262. The van der Waals surface area contributed by atoms with Crippen molar-refractivity contribution in [1.29, 1.82) is 5.26 Å². The van der Waals surface area contributed by atoms with Gasteiger partial charge in [0.25, 0.3) is 0 Å². The average molecular weight is 340 g/mol. The van der Waals surface area contributed by atoms with Gasteiger partial charge in [-0.2, -0.15) is 5.26 Å². The molecule has 0 aliphatic rings. The Labute approximate surface area is 146 Å². The number of hydrogen-bond donors (Lipinski definition) is 1. The highest BCUT2D eigenvalue weighted by molar-refractivity contribution is 5.95. The number of nitrogens with zero attached hydrogens (tertiary/aromatic N) is 1. The number of benzene rings is 2. The maximum absolute atomic E-state index is 12.4. The van der Waals surface area contributed by atoms with Gasteiger partial charge in [0.05, 0.1) is 33.1 Å². The molecule has 1 amide bonds. The number of carbonyl (C=O) groups excluding carboxylic acids is 1. The van der Waals surface area contributed by atoms with E-state index in [0.29, 0.717) is 22.9 Å². The van der Waals surface area contributed by atoms with Crippen LogP contribution in [0.5, 0.6) is 17.2 Å². The van der Waals surface area contributed by atoms with Gasteiger partial charge < -0.3 is 19.5 Å². The van der Waals surface area contributed by atoms with Crippen molar-refractivity contribution in [2.45, 2.75) is 6.42 Å². The Morgan fingerprint density at radius 3 is 2.36 bits per heavy atom. The molecule has 0 spiro atoms. The predicted octanol–water partition coefficient (Wildman–Crippen LogP) is 3.03. The molecule has 0 fully saturated rings. The molecule has 0 aliphatic heterocycles. The van der Waals surface area contributed by atoms with Gasteiger partial charge in [-0.15, -0.1) is 0 Å². The second-order valence-electron chi connectivity index (χ2n) is 5.26. The Morgan fingerprint density at radius 2 is 1.72 bits per heavy atom. The van der Waals surface area contributed by atoms with Crippen molar-refractivity contribution in [3.05, 3.63) is 48.0 Å². The standard InChI is InChI=1S/C19H20N2O4/c1-23-16-7-5-4-6-15(16)21-19(22)14(12-20)10-13-8-9-17(24-2)18(11-13)25-3/h4-9,11,14H,10H2,1-3H3,(H,21,22). The number of ether oxygens (including phenoxy) is 3. The Balaban J connectivity index is 2.14. The van der Waals surface area contributed by atoms with Crippen LogP contribution in [0.3, 0.4) is 0 Å². The van der Waals surface area contributed by atoms with Crippen LogP contribution in [0.2, 0.25) is 0 Å². The highest BCUT2D eigenvalue weighted by Gasteiger charge is 2.20. The Kier molecular flexibility index (Phi) is 6.24. The molecule has 1 unspecified atom stereocenters. The summed E-state index contributed by atoms with van der Waals surface area (Å²) in [4.78, 5) is 12.4. The van der Waals surface area contributed by atoms with Crippen LogP contribution in [0.4, 0.5) is 5.69 Å². The van der Waals surface area contributed by atoms with Crippen molar-refractivity contribution in [2.24, 2.45) is 5.92 Å². The fourth-order valence-corrected chi connectivity index (χ4v) is 2.41. The van der Waals surface area contributed by atoms with Crippen LogP contribution in [0, 0.1) is 17.2 Å². The van der Waals surface area contributed by atoms with E-state index in [-0.39, 0.29) is 12.3 Å². The average Bonchev–Trinajstić information content (AvgIpc) is 2.66. The molecule has 0 radical (unpaired) electrons. The number of nitrogens with one attached hydrogen (secondary N) is 1. The van der Waals surface area contributed by atoms with Crippen molar-refractivity contribution < 1.29 is 19.0 Å². The van der Waals surface area contributed by atoms with Gasteiger partial charge in [0.1, 0.15) is 11.7 Å². The minimum Gasteiger partial charge on any atom is -0.495 e. The van der Waals surface area contributed by atoms with E-state index < -0.39 is 5.92 Å². The number of anilines is 1. The zero-order chi connectivity index (χ0) is 18.2. The first-order chi connectivity index (χ1) is 12.1. The molecule has 0 bridgehead atoms. The molecule has 1 atom stereocenters. The Hall–Kier alpha value is -3.20. The molecule has 0 saturated heterocycles. The van der Waals surface area contributed by atoms with Crippen LogP contribution in [-0.2, 0) is 11.2 Å². The van der Waals surface area contributed by atoms with Crippen molar-refractivity contribution in [3.8, 4) is 23.3 Å². The molecule has 0 aliphatic carbocycles. The summed E-state index contributed by atoms with van der Waals surface area (Å²) >= 11 is 0. The van der Waals surface area contributed by atoms with E-state index in [1.54, 1.807) is 43.5 Å². The largest absolute Gasteiger partial charge is 0.495 e. The molecular formula is C19H20N2O4. The maximum atomic E-state index is 12.4. The smallest absolute Gasteiger partial charge is 0.242 e. The zero-order valence-electron chi connectivity index (χ0n) is 14.4. The predicted molar refractivity (Wildman–Crippen MR) is 94.0 cm³/mol. The van der Waals surface area contributed by atoms with Crippen LogP contribution in [0.25, 0.3) is 0 Å². The first-order valence-corrected chi connectivity index (χ1v) is 7.67. The third-order valence-electron chi connectivity index (χ3n) is 3.72. The van der Waals surface area contributed by atoms with Crippen LogP contribution < -0.4 is 19.5 Å². The quantitative estimate of drug-likeness (QED) is 0.838. The number of hydrogen-bond acceptors (Lipinski definition) is 5. The third-order valence-corrected chi connectivity index (χ3v) is 3.72. The molecule has 2 aromatic rings. The minimum absolute atomic E-state index is 0.262. The summed E-state index contributed by atoms with van der Waals surface area (Å²) in [5.74, 6) is 0.462. The van der Waals surface area contributed by atoms with E-state index in [2.05, 4.69) is 5.32 Å². The van der Waals surface area contributed by atoms with Crippen molar-refractivity contribution >= 4 is 11.6 Å². The zero-order valence-corrected chi connectivity index (χ0v) is 14.4. The van der Waals surface area contributed by atoms with Gasteiger partial charge in [-0.25, -0.2) is 0 Å². The summed E-state index contributed by atoms with van der Waals surface area (Å²) in [5, 5.41) is 12.1. The third kappa shape index (κ3) is 4.42. The second kappa shape index (κ2) is 8.60. The molecule has 6 nitrogen and oxygen atoms in total. The maximum Gasteiger partial charge on any atom is 0.242 e. The Bertz CT molecular complexity index is 783. The fourth-order valence-electron chi connectivity index (χ4n) is 2.41. The SMILES string of the molecule is COc1ccccc1NC(=O)C(C#N)Cc1ccc(OC)c(OC)c1. The van der Waals surface area contributed by atoms with E-state index >= 15 is 0 Å². The lowest BCUT2D eigenvalue weighted by Gasteiger charge is -2.14. The van der Waals surface area contributed by atoms with Gasteiger partial charge >= 0.3 is 0 Å². The van der Waals surface area contributed by atoms with E-state index in [0.717, 1.165) is 5.56 Å². The van der Waals surface area contributed by atoms with Crippen LogP contribution >= 0.6 is 0 Å². The van der Waals surface area contributed by atoms with Gasteiger partial charge in [-0.3, -0.25) is 4.79 Å². The molecule has 1 N–H and O–H groups in total. The number of amides is 1. The first kappa shape index (κ1) is 18.1. The highest BCUT2D eigenvalue weighted by Crippen LogP contribution is 2.29. The highest BCUT2D eigenvalue weighted by atomic mass is 16.5. The minimum atomic E-state index is -0.844. The summed E-state index contributed by atoms with van der Waals surface area (Å²) in [6, 6.07) is 14.4. The number of para-hydroxylation sites is 2. The molecular weight excluding hydrogens is 320 g/mol. The van der Waals surface area contributed by atoms with E-state index in [4.69, 9.17) is 14.2 Å². The molecule has 6 heteroatoms. The molecule has 0 aromatic heterocycles. The number of carbonyl (C=O) groups is 1. The van der Waals surface area contributed by atoms with Crippen LogP contribution in [0.15, 0.2) is 42.5 Å². The molecule has 25 heavy (non-hydrogen) atoms. The van der Waals surface area contributed by atoms with Crippen LogP contribution in [0.1, 0.15) is 5.56 Å². The van der Waals surface area contributed by atoms with Gasteiger partial charge in [0.2, 0.25) is 5.91 Å². The first-order valence-electron chi connectivity index (χ1n) is 7.67.